The Labute approximate surface area is 306 Å². The van der Waals surface area contributed by atoms with Gasteiger partial charge in [0, 0.05) is 61.8 Å². The molecule has 1 aliphatic carbocycles. The van der Waals surface area contributed by atoms with E-state index < -0.39 is 47.2 Å². The summed E-state index contributed by atoms with van der Waals surface area (Å²) in [6, 6.07) is 5.95. The molecule has 0 saturated carbocycles. The highest BCUT2D eigenvalue weighted by molar-refractivity contribution is 7.10. The molecule has 14 nitrogen and oxygen atoms in total. The molecule has 2 aliphatic rings. The number of aromatic nitrogens is 4. The van der Waals surface area contributed by atoms with E-state index >= 15 is 0 Å². The summed E-state index contributed by atoms with van der Waals surface area (Å²) in [5.41, 5.74) is 8.16. The van der Waals surface area contributed by atoms with Crippen LogP contribution in [0.1, 0.15) is 82.7 Å². The molecule has 1 saturated heterocycles. The Morgan fingerprint density at radius 1 is 1.13 bits per heavy atom. The lowest BCUT2D eigenvalue weighted by atomic mass is 9.67. The Hall–Kier alpha value is -4.44. The van der Waals surface area contributed by atoms with E-state index in [2.05, 4.69) is 28.3 Å². The molecule has 0 spiro atoms. The van der Waals surface area contributed by atoms with Crippen molar-refractivity contribution in [1.29, 1.82) is 0 Å². The number of hydrogen-bond donors (Lipinski definition) is 4. The number of ether oxygens (including phenoxy) is 2. The highest BCUT2D eigenvalue weighted by Gasteiger charge is 2.46. The smallest absolute Gasteiger partial charge is 0.408 e. The molecular weight excluding hydrogens is 687 g/mol. The summed E-state index contributed by atoms with van der Waals surface area (Å²) >= 11 is 1.33. The van der Waals surface area contributed by atoms with Crippen LogP contribution in [0, 0.1) is 5.41 Å². The zero-order valence-corrected chi connectivity index (χ0v) is 31.4. The molecule has 0 aromatic carbocycles. The average molecular weight is 734 g/mol. The first-order valence-corrected chi connectivity index (χ1v) is 18.4. The molecule has 4 aromatic heterocycles. The number of aryl methyl sites for hydroxylation is 1. The fourth-order valence-corrected chi connectivity index (χ4v) is 8.10. The second kappa shape index (κ2) is 14.5. The number of hydrazine groups is 1. The Kier molecular flexibility index (Phi) is 10.4. The number of hydrogen-bond acceptors (Lipinski definition) is 11. The minimum absolute atomic E-state index is 0.0502. The van der Waals surface area contributed by atoms with Crippen LogP contribution in [-0.2, 0) is 32.0 Å². The second-order valence-corrected chi connectivity index (χ2v) is 15.9. The lowest BCUT2D eigenvalue weighted by molar-refractivity contribution is -0.147. The number of aliphatic hydroxyl groups excluding tert-OH is 1. The van der Waals surface area contributed by atoms with Gasteiger partial charge in [-0.2, -0.15) is 0 Å². The van der Waals surface area contributed by atoms with Crippen LogP contribution in [0.5, 0.6) is 0 Å². The van der Waals surface area contributed by atoms with Crippen LogP contribution >= 0.6 is 11.3 Å². The number of rotatable bonds is 10. The molecule has 52 heavy (non-hydrogen) atoms. The Morgan fingerprint density at radius 2 is 1.90 bits per heavy atom. The van der Waals surface area contributed by atoms with Crippen LogP contribution in [0.3, 0.4) is 0 Å². The van der Waals surface area contributed by atoms with Crippen molar-refractivity contribution in [2.24, 2.45) is 5.41 Å². The first-order valence-electron chi connectivity index (χ1n) is 17.5. The van der Waals surface area contributed by atoms with Gasteiger partial charge in [0.1, 0.15) is 23.8 Å². The van der Waals surface area contributed by atoms with Crippen molar-refractivity contribution < 1.29 is 34.1 Å². The molecule has 4 atom stereocenters. The largest absolute Gasteiger partial charge is 0.480 e. The summed E-state index contributed by atoms with van der Waals surface area (Å²) in [5, 5.41) is 26.6. The maximum Gasteiger partial charge on any atom is 0.408 e. The predicted octanol–water partition coefficient (Wildman–Crippen LogP) is 5.06. The molecule has 1 aliphatic heterocycles. The number of carbonyl (C=O) groups is 3. The minimum Gasteiger partial charge on any atom is -0.480 e. The van der Waals surface area contributed by atoms with E-state index in [1.165, 1.54) is 16.3 Å². The number of aliphatic carboxylic acids is 1. The van der Waals surface area contributed by atoms with Gasteiger partial charge in [-0.3, -0.25) is 19.6 Å². The first kappa shape index (κ1) is 37.3. The highest BCUT2D eigenvalue weighted by Crippen LogP contribution is 2.56. The van der Waals surface area contributed by atoms with Crippen LogP contribution in [0.15, 0.2) is 35.8 Å². The van der Waals surface area contributed by atoms with Gasteiger partial charge in [0.25, 0.3) is 5.91 Å². The molecule has 0 bridgehead atoms. The number of methoxy groups -OCH3 is 1. The number of carbonyl (C=O) groups excluding carboxylic acids is 2. The van der Waals surface area contributed by atoms with Gasteiger partial charge in [-0.15, -0.1) is 11.3 Å². The number of fused-ring (bicyclic) bond motifs is 5. The van der Waals surface area contributed by atoms with E-state index in [1.54, 1.807) is 34.1 Å². The molecule has 5 heterocycles. The standard InChI is InChI=1S/C37H47N7O7S/c1-8-43-25-14-13-21(40-30(25)27-28(37(5,6)19-45)32(50-7)29-20(31(27)43)11-9-15-38-29)24-18-52-26(39-24)17-23(41-35(49)51-36(2,3)4)33(46)44-16-10-12-22(42-44)34(47)48/h9,11,13-15,18,22-23,28,32,42,45H,8,10,12,16-17,19H2,1-7H3,(H,41,49)(H,47,48)/t22-,23?,28?,32-/m0/s1. The third kappa shape index (κ3) is 7.14. The van der Waals surface area contributed by atoms with Gasteiger partial charge in [0.15, 0.2) is 0 Å². The van der Waals surface area contributed by atoms with Crippen LogP contribution in [0.2, 0.25) is 0 Å². The number of thiazole rings is 1. The van der Waals surface area contributed by atoms with Crippen molar-refractivity contribution in [3.05, 3.63) is 52.1 Å². The zero-order valence-electron chi connectivity index (χ0n) is 30.6. The molecule has 278 valence electrons. The number of nitrogens with zero attached hydrogens (tertiary/aromatic N) is 5. The topological polar surface area (TPSA) is 181 Å². The number of aliphatic hydroxyl groups is 1. The van der Waals surface area contributed by atoms with Crippen LogP contribution in [-0.4, -0.2) is 90.7 Å². The molecule has 4 N–H and O–H groups in total. The van der Waals surface area contributed by atoms with Gasteiger partial charge >= 0.3 is 12.1 Å². The maximum atomic E-state index is 13.8. The predicted molar refractivity (Wildman–Crippen MR) is 195 cm³/mol. The fourth-order valence-electron chi connectivity index (χ4n) is 7.26. The molecule has 0 radical (unpaired) electrons. The fraction of sp³-hybridized carbons (Fsp3) is 0.514. The third-order valence-corrected chi connectivity index (χ3v) is 10.5. The average Bonchev–Trinajstić information content (AvgIpc) is 3.71. The summed E-state index contributed by atoms with van der Waals surface area (Å²) in [7, 11) is 1.67. The van der Waals surface area contributed by atoms with Crippen molar-refractivity contribution in [1.82, 2.24) is 35.3 Å². The molecule has 6 rings (SSSR count). The Morgan fingerprint density at radius 3 is 2.58 bits per heavy atom. The summed E-state index contributed by atoms with van der Waals surface area (Å²) in [6.45, 7) is 12.2. The van der Waals surface area contributed by atoms with E-state index in [0.29, 0.717) is 42.3 Å². The lowest BCUT2D eigenvalue weighted by Gasteiger charge is -2.41. The van der Waals surface area contributed by atoms with Gasteiger partial charge in [0.2, 0.25) is 0 Å². The molecular formula is C37H47N7O7S. The van der Waals surface area contributed by atoms with Crippen molar-refractivity contribution in [2.75, 3.05) is 20.3 Å². The van der Waals surface area contributed by atoms with Crippen molar-refractivity contribution in [3.63, 3.8) is 0 Å². The highest BCUT2D eigenvalue weighted by atomic mass is 32.1. The maximum absolute atomic E-state index is 13.8. The summed E-state index contributed by atoms with van der Waals surface area (Å²) in [6.07, 6.45) is 1.52. The van der Waals surface area contributed by atoms with Crippen LogP contribution in [0.25, 0.3) is 33.7 Å². The van der Waals surface area contributed by atoms with E-state index in [1.807, 2.05) is 37.4 Å². The number of alkyl carbamates (subject to hydrolysis) is 1. The molecule has 2 amide bonds. The molecule has 2 unspecified atom stereocenters. The van der Waals surface area contributed by atoms with E-state index in [9.17, 15) is 24.6 Å². The number of nitrogens with one attached hydrogen (secondary N) is 2. The molecule has 15 heteroatoms. The third-order valence-electron chi connectivity index (χ3n) is 9.67. The summed E-state index contributed by atoms with van der Waals surface area (Å²) in [5.74, 6) is -1.80. The monoisotopic (exact) mass is 733 g/mol. The van der Waals surface area contributed by atoms with Gasteiger partial charge in [-0.05, 0) is 70.2 Å². The van der Waals surface area contributed by atoms with E-state index in [-0.39, 0.29) is 18.9 Å². The number of carboxylic acids is 1. The summed E-state index contributed by atoms with van der Waals surface area (Å²) < 4.78 is 13.8. The van der Waals surface area contributed by atoms with Crippen molar-refractivity contribution in [2.45, 2.75) is 97.1 Å². The van der Waals surface area contributed by atoms with Gasteiger partial charge in [-0.25, -0.2) is 20.2 Å². The molecule has 4 aromatic rings. The lowest BCUT2D eigenvalue weighted by Crippen LogP contribution is -2.60. The SMILES string of the molecule is CCn1c2c(c3nc(-c4csc(CC(NC(=O)OC(C)(C)C)C(=O)N5CCC[C@@H](C(=O)O)N5)n4)ccc31)C(C(C)(C)CO)[C@H](OC)c1ncccc1-2. The number of carboxylic acid groups (broad SMARTS) is 1. The number of pyridine rings is 2. The van der Waals surface area contributed by atoms with Gasteiger partial charge in [0.05, 0.1) is 38.8 Å². The minimum atomic E-state index is -1.07. The summed E-state index contributed by atoms with van der Waals surface area (Å²) in [4.78, 5) is 53.2. The van der Waals surface area contributed by atoms with Crippen LogP contribution < -0.4 is 10.7 Å². The quantitative estimate of drug-likeness (QED) is 0.171. The van der Waals surface area contributed by atoms with Crippen molar-refractivity contribution >= 4 is 40.3 Å². The normalized spacial score (nSPS) is 19.5. The number of amides is 2. The second-order valence-electron chi connectivity index (χ2n) is 15.0. The van der Waals surface area contributed by atoms with Crippen LogP contribution in [0.4, 0.5) is 4.79 Å². The molecule has 1 fully saturated rings. The van der Waals surface area contributed by atoms with E-state index in [4.69, 9.17) is 24.4 Å². The van der Waals surface area contributed by atoms with E-state index in [0.717, 1.165) is 33.5 Å². The van der Waals surface area contributed by atoms with Crippen molar-refractivity contribution in [3.8, 4) is 22.6 Å². The Bertz CT molecular complexity index is 1980. The Balaban J connectivity index is 1.38. The van der Waals surface area contributed by atoms with Gasteiger partial charge in [-0.1, -0.05) is 13.8 Å². The van der Waals surface area contributed by atoms with Gasteiger partial charge < -0.3 is 29.6 Å². The first-order chi connectivity index (χ1) is 24.7. The zero-order chi connectivity index (χ0) is 37.5.